The van der Waals surface area contributed by atoms with Crippen molar-refractivity contribution in [2.24, 2.45) is 0 Å². The number of aromatic amines is 1. The molecule has 5 heteroatoms. The van der Waals surface area contributed by atoms with Crippen molar-refractivity contribution < 1.29 is 4.74 Å². The smallest absolute Gasteiger partial charge is 0.248 e. The minimum absolute atomic E-state index is 0.0789. The third-order valence-electron chi connectivity index (χ3n) is 4.30. The van der Waals surface area contributed by atoms with E-state index in [1.54, 1.807) is 6.07 Å². The minimum Gasteiger partial charge on any atom is -0.488 e. The van der Waals surface area contributed by atoms with Crippen LogP contribution in [-0.4, -0.2) is 22.6 Å². The molecule has 2 N–H and O–H groups in total. The summed E-state index contributed by atoms with van der Waals surface area (Å²) >= 11 is 0. The Kier molecular flexibility index (Phi) is 3.69. The van der Waals surface area contributed by atoms with E-state index in [4.69, 9.17) is 4.74 Å². The molecule has 1 aromatic carbocycles. The van der Waals surface area contributed by atoms with Gasteiger partial charge in [-0.15, -0.1) is 0 Å². The molecule has 1 unspecified atom stereocenters. The van der Waals surface area contributed by atoms with Crippen LogP contribution in [0.15, 0.2) is 47.4 Å². The summed E-state index contributed by atoms with van der Waals surface area (Å²) in [7, 11) is 0. The number of rotatable bonds is 2. The lowest BCUT2D eigenvalue weighted by atomic mass is 10.1. The van der Waals surface area contributed by atoms with Crippen LogP contribution in [0.4, 0.5) is 5.69 Å². The van der Waals surface area contributed by atoms with E-state index in [0.29, 0.717) is 0 Å². The molecule has 1 atom stereocenters. The lowest BCUT2D eigenvalue weighted by Crippen LogP contribution is -2.20. The first-order valence-electron chi connectivity index (χ1n) is 8.16. The number of anilines is 1. The molecule has 1 aliphatic heterocycles. The van der Waals surface area contributed by atoms with E-state index in [-0.39, 0.29) is 11.7 Å². The third kappa shape index (κ3) is 2.97. The standard InChI is InChI=1S/C19H19N3O2/c1-12-2-3-16-18(8-12)24-14(6-7-20-16)9-13-10-17-15(21-11-13)4-5-19(23)22-17/h2-5,8,10-11,14,20H,6-7,9H2,1H3,(H,22,23). The first-order valence-corrected chi connectivity index (χ1v) is 8.16. The van der Waals surface area contributed by atoms with Crippen LogP contribution < -0.4 is 15.6 Å². The molecule has 24 heavy (non-hydrogen) atoms. The molecule has 0 fully saturated rings. The zero-order valence-electron chi connectivity index (χ0n) is 13.5. The summed E-state index contributed by atoms with van der Waals surface area (Å²) in [5.41, 5.74) is 4.74. The highest BCUT2D eigenvalue weighted by molar-refractivity contribution is 5.73. The normalized spacial score (nSPS) is 16.8. The van der Waals surface area contributed by atoms with E-state index < -0.39 is 0 Å². The fraction of sp³-hybridized carbons (Fsp3) is 0.263. The molecule has 2 aromatic heterocycles. The number of nitrogens with zero attached hydrogens (tertiary/aromatic N) is 1. The number of nitrogens with one attached hydrogen (secondary N) is 2. The summed E-state index contributed by atoms with van der Waals surface area (Å²) in [6.07, 6.45) is 3.61. The zero-order valence-corrected chi connectivity index (χ0v) is 13.5. The molecule has 3 heterocycles. The Hall–Kier alpha value is -2.82. The van der Waals surface area contributed by atoms with E-state index in [2.05, 4.69) is 40.4 Å². The average Bonchev–Trinajstić information content (AvgIpc) is 2.75. The van der Waals surface area contributed by atoms with Crippen LogP contribution in [0.1, 0.15) is 17.5 Å². The molecular formula is C19H19N3O2. The molecule has 5 nitrogen and oxygen atoms in total. The van der Waals surface area contributed by atoms with E-state index in [9.17, 15) is 4.79 Å². The number of aromatic nitrogens is 2. The monoisotopic (exact) mass is 321 g/mol. The predicted molar refractivity (Wildman–Crippen MR) is 94.8 cm³/mol. The third-order valence-corrected chi connectivity index (χ3v) is 4.30. The van der Waals surface area contributed by atoms with Gasteiger partial charge in [-0.05, 0) is 42.3 Å². The van der Waals surface area contributed by atoms with Crippen molar-refractivity contribution in [1.82, 2.24) is 9.97 Å². The SMILES string of the molecule is Cc1ccc2c(c1)OC(Cc1cnc3ccc(=O)[nH]c3c1)CCN2. The van der Waals surface area contributed by atoms with Gasteiger partial charge in [-0.25, -0.2) is 0 Å². The Balaban J connectivity index is 1.59. The maximum Gasteiger partial charge on any atom is 0.248 e. The summed E-state index contributed by atoms with van der Waals surface area (Å²) in [6, 6.07) is 11.4. The van der Waals surface area contributed by atoms with Gasteiger partial charge in [-0.2, -0.15) is 0 Å². The number of pyridine rings is 2. The first kappa shape index (κ1) is 14.8. The quantitative estimate of drug-likeness (QED) is 0.761. The van der Waals surface area contributed by atoms with Crippen LogP contribution >= 0.6 is 0 Å². The first-order chi connectivity index (χ1) is 11.7. The molecule has 0 saturated carbocycles. The molecule has 0 amide bonds. The fourth-order valence-electron chi connectivity index (χ4n) is 3.08. The van der Waals surface area contributed by atoms with Crippen LogP contribution in [0, 0.1) is 6.92 Å². The van der Waals surface area contributed by atoms with Gasteiger partial charge >= 0.3 is 0 Å². The Morgan fingerprint density at radius 3 is 3.08 bits per heavy atom. The van der Waals surface area contributed by atoms with Crippen molar-refractivity contribution in [1.29, 1.82) is 0 Å². The summed E-state index contributed by atoms with van der Waals surface area (Å²) in [4.78, 5) is 18.7. The molecule has 1 aliphatic rings. The van der Waals surface area contributed by atoms with Gasteiger partial charge in [-0.1, -0.05) is 6.07 Å². The highest BCUT2D eigenvalue weighted by Crippen LogP contribution is 2.30. The maximum atomic E-state index is 11.5. The van der Waals surface area contributed by atoms with Crippen molar-refractivity contribution in [3.63, 3.8) is 0 Å². The zero-order chi connectivity index (χ0) is 16.5. The van der Waals surface area contributed by atoms with Gasteiger partial charge in [0.1, 0.15) is 11.9 Å². The van der Waals surface area contributed by atoms with Gasteiger partial charge in [0, 0.05) is 31.6 Å². The van der Waals surface area contributed by atoms with Gasteiger partial charge in [0.25, 0.3) is 0 Å². The summed E-state index contributed by atoms with van der Waals surface area (Å²) in [5, 5.41) is 3.42. The van der Waals surface area contributed by atoms with Crippen LogP contribution in [-0.2, 0) is 6.42 Å². The Morgan fingerprint density at radius 1 is 1.25 bits per heavy atom. The fourth-order valence-corrected chi connectivity index (χ4v) is 3.08. The van der Waals surface area contributed by atoms with Crippen molar-refractivity contribution in [2.45, 2.75) is 25.9 Å². The molecule has 0 radical (unpaired) electrons. The summed E-state index contributed by atoms with van der Waals surface area (Å²) < 4.78 is 6.22. The number of aryl methyl sites for hydroxylation is 1. The second-order valence-corrected chi connectivity index (χ2v) is 6.26. The molecular weight excluding hydrogens is 302 g/mol. The minimum atomic E-state index is -0.110. The number of benzene rings is 1. The number of hydrogen-bond donors (Lipinski definition) is 2. The second kappa shape index (κ2) is 6.00. The molecule has 0 spiro atoms. The Labute approximate surface area is 139 Å². The van der Waals surface area contributed by atoms with Gasteiger partial charge < -0.3 is 15.0 Å². The number of ether oxygens (including phenoxy) is 1. The molecule has 122 valence electrons. The van der Waals surface area contributed by atoms with Crippen LogP contribution in [0.5, 0.6) is 5.75 Å². The highest BCUT2D eigenvalue weighted by atomic mass is 16.5. The second-order valence-electron chi connectivity index (χ2n) is 6.26. The van der Waals surface area contributed by atoms with Crippen LogP contribution in [0.2, 0.25) is 0 Å². The number of hydrogen-bond acceptors (Lipinski definition) is 4. The lowest BCUT2D eigenvalue weighted by Gasteiger charge is -2.17. The van der Waals surface area contributed by atoms with Crippen LogP contribution in [0.3, 0.4) is 0 Å². The van der Waals surface area contributed by atoms with Crippen molar-refractivity contribution >= 4 is 16.7 Å². The molecule has 0 aliphatic carbocycles. The van der Waals surface area contributed by atoms with Gasteiger partial charge in [0.15, 0.2) is 0 Å². The molecule has 3 aromatic rings. The number of fused-ring (bicyclic) bond motifs is 2. The van der Waals surface area contributed by atoms with Crippen molar-refractivity contribution in [2.75, 3.05) is 11.9 Å². The van der Waals surface area contributed by atoms with Crippen LogP contribution in [0.25, 0.3) is 11.0 Å². The largest absolute Gasteiger partial charge is 0.488 e. The lowest BCUT2D eigenvalue weighted by molar-refractivity contribution is 0.201. The van der Waals surface area contributed by atoms with Crippen molar-refractivity contribution in [3.8, 4) is 5.75 Å². The average molecular weight is 321 g/mol. The molecule has 0 saturated heterocycles. The summed E-state index contributed by atoms with van der Waals surface area (Å²) in [5.74, 6) is 0.902. The van der Waals surface area contributed by atoms with Gasteiger partial charge in [0.05, 0.1) is 16.7 Å². The van der Waals surface area contributed by atoms with E-state index in [1.807, 2.05) is 12.3 Å². The highest BCUT2D eigenvalue weighted by Gasteiger charge is 2.18. The Bertz CT molecular complexity index is 949. The van der Waals surface area contributed by atoms with E-state index >= 15 is 0 Å². The van der Waals surface area contributed by atoms with E-state index in [1.165, 1.54) is 11.6 Å². The molecule has 4 rings (SSSR count). The maximum absolute atomic E-state index is 11.5. The summed E-state index contributed by atoms with van der Waals surface area (Å²) in [6.45, 7) is 2.94. The predicted octanol–water partition coefficient (Wildman–Crippen LogP) is 3.04. The van der Waals surface area contributed by atoms with Crippen molar-refractivity contribution in [3.05, 3.63) is 64.1 Å². The number of H-pyrrole nitrogens is 1. The molecule has 0 bridgehead atoms. The van der Waals surface area contributed by atoms with Gasteiger partial charge in [-0.3, -0.25) is 9.78 Å². The topological polar surface area (TPSA) is 67.0 Å². The van der Waals surface area contributed by atoms with Gasteiger partial charge in [0.2, 0.25) is 5.56 Å². The van der Waals surface area contributed by atoms with E-state index in [0.717, 1.165) is 47.4 Å². The Morgan fingerprint density at radius 2 is 2.17 bits per heavy atom.